The van der Waals surface area contributed by atoms with Gasteiger partial charge < -0.3 is 9.64 Å². The van der Waals surface area contributed by atoms with Crippen LogP contribution in [0.2, 0.25) is 0 Å². The second-order valence-electron chi connectivity index (χ2n) is 6.69. The van der Waals surface area contributed by atoms with Crippen LogP contribution in [0.4, 0.5) is 0 Å². The summed E-state index contributed by atoms with van der Waals surface area (Å²) in [5.41, 5.74) is 1.55. The van der Waals surface area contributed by atoms with E-state index in [4.69, 9.17) is 4.74 Å². The minimum absolute atomic E-state index is 0.0463. The highest BCUT2D eigenvalue weighted by Crippen LogP contribution is 2.23. The number of aromatic amines is 1. The van der Waals surface area contributed by atoms with Crippen LogP contribution in [0.15, 0.2) is 48.8 Å². The zero-order valence-corrected chi connectivity index (χ0v) is 15.1. The van der Waals surface area contributed by atoms with E-state index in [-0.39, 0.29) is 5.91 Å². The zero-order chi connectivity index (χ0) is 18.6. The van der Waals surface area contributed by atoms with E-state index < -0.39 is 0 Å². The number of hydrogen-bond donors (Lipinski definition) is 1. The van der Waals surface area contributed by atoms with Crippen molar-refractivity contribution < 1.29 is 9.53 Å². The van der Waals surface area contributed by atoms with Gasteiger partial charge >= 0.3 is 0 Å². The van der Waals surface area contributed by atoms with Crippen molar-refractivity contribution in [1.82, 2.24) is 25.1 Å². The van der Waals surface area contributed by atoms with Gasteiger partial charge in [-0.15, -0.1) is 0 Å². The van der Waals surface area contributed by atoms with E-state index in [2.05, 4.69) is 20.2 Å². The second-order valence-corrected chi connectivity index (χ2v) is 6.69. The topological polar surface area (TPSA) is 84.0 Å². The van der Waals surface area contributed by atoms with Crippen molar-refractivity contribution >= 4 is 5.91 Å². The van der Waals surface area contributed by atoms with Gasteiger partial charge in [0.15, 0.2) is 5.82 Å². The van der Waals surface area contributed by atoms with Crippen molar-refractivity contribution in [3.8, 4) is 17.1 Å². The molecule has 0 spiro atoms. The number of rotatable bonds is 5. The van der Waals surface area contributed by atoms with Gasteiger partial charge in [-0.2, -0.15) is 5.10 Å². The third-order valence-corrected chi connectivity index (χ3v) is 4.82. The van der Waals surface area contributed by atoms with Crippen molar-refractivity contribution in [2.45, 2.75) is 12.8 Å². The number of benzene rings is 1. The van der Waals surface area contributed by atoms with Crippen LogP contribution in [0.1, 0.15) is 22.6 Å². The Morgan fingerprint density at radius 3 is 3.07 bits per heavy atom. The average molecular weight is 363 g/mol. The number of nitrogens with zero attached hydrogens (tertiary/aromatic N) is 4. The quantitative estimate of drug-likeness (QED) is 0.753. The normalized spacial score (nSPS) is 16.5. The predicted molar refractivity (Wildman–Crippen MR) is 100 cm³/mol. The number of pyridine rings is 1. The molecular formula is C20H21N5O2. The number of ether oxygens (including phenoxy) is 1. The first kappa shape index (κ1) is 17.2. The number of likely N-dealkylation sites (tertiary alicyclic amines) is 1. The maximum Gasteiger partial charge on any atom is 0.253 e. The molecule has 0 saturated carbocycles. The summed E-state index contributed by atoms with van der Waals surface area (Å²) in [6, 6.07) is 11.1. The van der Waals surface area contributed by atoms with Crippen LogP contribution in [-0.2, 0) is 6.42 Å². The van der Waals surface area contributed by atoms with Gasteiger partial charge in [0.05, 0.1) is 7.11 Å². The maximum atomic E-state index is 12.7. The van der Waals surface area contributed by atoms with Crippen LogP contribution in [0.5, 0.6) is 5.75 Å². The lowest BCUT2D eigenvalue weighted by Gasteiger charge is -2.16. The van der Waals surface area contributed by atoms with E-state index in [1.165, 1.54) is 0 Å². The number of hydrogen-bond acceptors (Lipinski definition) is 5. The molecule has 27 heavy (non-hydrogen) atoms. The Hall–Kier alpha value is -3.22. The van der Waals surface area contributed by atoms with E-state index in [9.17, 15) is 4.79 Å². The lowest BCUT2D eigenvalue weighted by atomic mass is 10.0. The molecule has 1 aliphatic rings. The van der Waals surface area contributed by atoms with Gasteiger partial charge in [0, 0.05) is 43.0 Å². The molecule has 4 rings (SSSR count). The lowest BCUT2D eigenvalue weighted by Crippen LogP contribution is -2.29. The molecule has 1 unspecified atom stereocenters. The Labute approximate surface area is 157 Å². The molecular weight excluding hydrogens is 342 g/mol. The number of aromatic nitrogens is 4. The minimum Gasteiger partial charge on any atom is -0.497 e. The fourth-order valence-corrected chi connectivity index (χ4v) is 3.41. The standard InChI is InChI=1S/C20H21N5O2/c1-27-17-6-2-4-15(11-17)20(26)25-9-7-14(13-25)10-18-22-19(24-23-18)16-5-3-8-21-12-16/h2-6,8,11-12,14H,7,9-10,13H2,1H3,(H,22,23,24). The van der Waals surface area contributed by atoms with Crippen molar-refractivity contribution in [2.24, 2.45) is 5.92 Å². The molecule has 2 aromatic heterocycles. The molecule has 0 aliphatic carbocycles. The van der Waals surface area contributed by atoms with Gasteiger partial charge in [-0.05, 0) is 42.7 Å². The predicted octanol–water partition coefficient (Wildman–Crippen LogP) is 2.58. The monoisotopic (exact) mass is 363 g/mol. The molecule has 1 fully saturated rings. The number of amides is 1. The fourth-order valence-electron chi connectivity index (χ4n) is 3.41. The average Bonchev–Trinajstić information content (AvgIpc) is 3.38. The molecule has 1 N–H and O–H groups in total. The largest absolute Gasteiger partial charge is 0.497 e. The Kier molecular flexibility index (Phi) is 4.82. The summed E-state index contributed by atoms with van der Waals surface area (Å²) in [6.07, 6.45) is 5.20. The Morgan fingerprint density at radius 1 is 1.33 bits per heavy atom. The third kappa shape index (κ3) is 3.81. The number of H-pyrrole nitrogens is 1. The van der Waals surface area contributed by atoms with Gasteiger partial charge in [0.2, 0.25) is 0 Å². The molecule has 1 saturated heterocycles. The summed E-state index contributed by atoms with van der Waals surface area (Å²) >= 11 is 0. The van der Waals surface area contributed by atoms with Gasteiger partial charge in [0.25, 0.3) is 5.91 Å². The maximum absolute atomic E-state index is 12.7. The molecule has 7 heteroatoms. The molecule has 1 atom stereocenters. The Bertz CT molecular complexity index is 925. The van der Waals surface area contributed by atoms with Crippen LogP contribution in [0, 0.1) is 5.92 Å². The van der Waals surface area contributed by atoms with Crippen LogP contribution < -0.4 is 4.74 Å². The summed E-state index contributed by atoms with van der Waals surface area (Å²) in [5.74, 6) is 2.61. The lowest BCUT2D eigenvalue weighted by molar-refractivity contribution is 0.0786. The number of nitrogens with one attached hydrogen (secondary N) is 1. The van der Waals surface area contributed by atoms with Gasteiger partial charge in [-0.1, -0.05) is 6.07 Å². The molecule has 1 aliphatic heterocycles. The molecule has 1 aromatic carbocycles. The Balaban J connectivity index is 1.38. The summed E-state index contributed by atoms with van der Waals surface area (Å²) in [7, 11) is 1.60. The van der Waals surface area contributed by atoms with Crippen molar-refractivity contribution in [2.75, 3.05) is 20.2 Å². The highest BCUT2D eigenvalue weighted by molar-refractivity contribution is 5.94. The fraction of sp³-hybridized carbons (Fsp3) is 0.300. The first-order valence-electron chi connectivity index (χ1n) is 8.98. The first-order chi connectivity index (χ1) is 13.2. The smallest absolute Gasteiger partial charge is 0.253 e. The molecule has 0 bridgehead atoms. The van der Waals surface area contributed by atoms with E-state index in [0.29, 0.717) is 23.1 Å². The molecule has 138 valence electrons. The van der Waals surface area contributed by atoms with Gasteiger partial charge in [0.1, 0.15) is 11.6 Å². The number of methoxy groups -OCH3 is 1. The summed E-state index contributed by atoms with van der Waals surface area (Å²) in [5, 5.41) is 7.29. The van der Waals surface area contributed by atoms with Crippen molar-refractivity contribution in [3.05, 3.63) is 60.2 Å². The van der Waals surface area contributed by atoms with E-state index in [0.717, 1.165) is 37.3 Å². The van der Waals surface area contributed by atoms with E-state index in [1.807, 2.05) is 35.2 Å². The molecule has 3 aromatic rings. The third-order valence-electron chi connectivity index (χ3n) is 4.82. The zero-order valence-electron chi connectivity index (χ0n) is 15.1. The molecule has 1 amide bonds. The summed E-state index contributed by atoms with van der Waals surface area (Å²) in [4.78, 5) is 23.3. The highest BCUT2D eigenvalue weighted by Gasteiger charge is 2.28. The minimum atomic E-state index is 0.0463. The Morgan fingerprint density at radius 2 is 2.26 bits per heavy atom. The second kappa shape index (κ2) is 7.57. The number of carbonyl (C=O) groups is 1. The van der Waals surface area contributed by atoms with Crippen LogP contribution in [0.3, 0.4) is 0 Å². The van der Waals surface area contributed by atoms with Crippen molar-refractivity contribution in [1.29, 1.82) is 0 Å². The molecule has 7 nitrogen and oxygen atoms in total. The van der Waals surface area contributed by atoms with Crippen LogP contribution in [-0.4, -0.2) is 51.2 Å². The van der Waals surface area contributed by atoms with Crippen LogP contribution in [0.25, 0.3) is 11.4 Å². The first-order valence-corrected chi connectivity index (χ1v) is 8.98. The molecule has 0 radical (unpaired) electrons. The highest BCUT2D eigenvalue weighted by atomic mass is 16.5. The van der Waals surface area contributed by atoms with Crippen molar-refractivity contribution in [3.63, 3.8) is 0 Å². The number of carbonyl (C=O) groups excluding carboxylic acids is 1. The summed E-state index contributed by atoms with van der Waals surface area (Å²) in [6.45, 7) is 1.48. The molecule has 3 heterocycles. The van der Waals surface area contributed by atoms with Crippen LogP contribution >= 0.6 is 0 Å². The van der Waals surface area contributed by atoms with Gasteiger partial charge in [-0.3, -0.25) is 14.9 Å². The van der Waals surface area contributed by atoms with E-state index >= 15 is 0 Å². The van der Waals surface area contributed by atoms with Gasteiger partial charge in [-0.25, -0.2) is 4.98 Å². The summed E-state index contributed by atoms with van der Waals surface area (Å²) < 4.78 is 5.21. The van der Waals surface area contributed by atoms with E-state index in [1.54, 1.807) is 25.6 Å². The SMILES string of the molecule is COc1cccc(C(=O)N2CCC(Cc3nc(-c4cccnc4)n[nH]3)C2)c1.